The normalized spacial score (nSPS) is 32.2. The zero-order chi connectivity index (χ0) is 37.8. The smallest absolute Gasteiger partial charge is 0.264 e. The van der Waals surface area contributed by atoms with Crippen LogP contribution in [0.1, 0.15) is 86.7 Å². The molecule has 2 amide bonds. The fourth-order valence-electron chi connectivity index (χ4n) is 9.44. The highest BCUT2D eigenvalue weighted by atomic mass is 35.5. The first kappa shape index (κ1) is 38.2. The van der Waals surface area contributed by atoms with Gasteiger partial charge in [0.1, 0.15) is 5.75 Å². The van der Waals surface area contributed by atoms with Crippen molar-refractivity contribution in [3.8, 4) is 5.75 Å². The minimum atomic E-state index is -4.02. The van der Waals surface area contributed by atoms with E-state index in [1.165, 1.54) is 11.1 Å². The summed E-state index contributed by atoms with van der Waals surface area (Å²) in [6, 6.07) is 11.4. The summed E-state index contributed by atoms with van der Waals surface area (Å²) in [6.07, 6.45) is 11.1. The summed E-state index contributed by atoms with van der Waals surface area (Å²) < 4.78 is 48.2. The van der Waals surface area contributed by atoms with E-state index in [4.69, 9.17) is 25.8 Å². The van der Waals surface area contributed by atoms with E-state index in [1.54, 1.807) is 39.3 Å². The number of fused-ring (bicyclic) bond motifs is 4. The third kappa shape index (κ3) is 7.11. The van der Waals surface area contributed by atoms with Gasteiger partial charge in [-0.05, 0) is 118 Å². The Hall–Kier alpha value is -3.12. The molecule has 3 aliphatic carbocycles. The van der Waals surface area contributed by atoms with Crippen LogP contribution in [0.4, 0.5) is 5.69 Å². The largest absolute Gasteiger partial charge is 0.490 e. The zero-order valence-electron chi connectivity index (χ0n) is 31.7. The molecule has 2 aliphatic heterocycles. The molecule has 2 saturated carbocycles. The van der Waals surface area contributed by atoms with Gasteiger partial charge in [0.25, 0.3) is 5.91 Å². The summed E-state index contributed by atoms with van der Waals surface area (Å²) in [5, 5.41) is -0.136. The lowest BCUT2D eigenvalue weighted by molar-refractivity contribution is -0.145. The van der Waals surface area contributed by atoms with Crippen LogP contribution in [0.3, 0.4) is 0 Å². The average molecular weight is 768 g/mol. The fourth-order valence-corrected chi connectivity index (χ4v) is 10.9. The van der Waals surface area contributed by atoms with Crippen molar-refractivity contribution < 1.29 is 32.2 Å². The van der Waals surface area contributed by atoms with Crippen molar-refractivity contribution in [3.63, 3.8) is 0 Å². The number of hydrogen-bond donors (Lipinski definition) is 1. The molecule has 2 bridgehead atoms. The number of amides is 2. The Morgan fingerprint density at radius 1 is 1.11 bits per heavy atom. The van der Waals surface area contributed by atoms with Gasteiger partial charge in [-0.3, -0.25) is 9.59 Å². The van der Waals surface area contributed by atoms with Crippen molar-refractivity contribution in [2.75, 3.05) is 52.5 Å². The molecule has 2 aromatic carbocycles. The molecule has 288 valence electrons. The summed E-state index contributed by atoms with van der Waals surface area (Å²) in [5.41, 5.74) is 1.97. The van der Waals surface area contributed by atoms with E-state index in [-0.39, 0.29) is 46.6 Å². The number of allylic oxidation sites excluding steroid dienone is 1. The molecule has 53 heavy (non-hydrogen) atoms. The molecule has 0 unspecified atom stereocenters. The Labute approximate surface area is 319 Å². The van der Waals surface area contributed by atoms with Gasteiger partial charge in [0.05, 0.1) is 41.7 Å². The molecule has 0 aromatic heterocycles. The third-order valence-electron chi connectivity index (χ3n) is 13.4. The van der Waals surface area contributed by atoms with Crippen molar-refractivity contribution in [2.24, 2.45) is 17.8 Å². The van der Waals surface area contributed by atoms with Crippen LogP contribution in [-0.4, -0.2) is 89.1 Å². The Kier molecular flexibility index (Phi) is 10.4. The Morgan fingerprint density at radius 2 is 1.91 bits per heavy atom. The summed E-state index contributed by atoms with van der Waals surface area (Å²) in [5.74, 6) is -0.112. The first-order valence-corrected chi connectivity index (χ1v) is 21.0. The number of likely N-dealkylation sites (N-methyl/N-ethyl adjacent to an activating group) is 1. The van der Waals surface area contributed by atoms with Crippen molar-refractivity contribution in [1.82, 2.24) is 9.62 Å². The highest BCUT2D eigenvalue weighted by Gasteiger charge is 2.53. The molecule has 2 heterocycles. The van der Waals surface area contributed by atoms with Crippen LogP contribution in [0.2, 0.25) is 5.02 Å². The molecule has 7 rings (SSSR count). The van der Waals surface area contributed by atoms with E-state index < -0.39 is 26.8 Å². The van der Waals surface area contributed by atoms with Crippen molar-refractivity contribution in [3.05, 3.63) is 70.3 Å². The number of benzene rings is 2. The number of sulfonamides is 1. The van der Waals surface area contributed by atoms with Crippen LogP contribution < -0.4 is 14.4 Å². The molecule has 12 heteroatoms. The van der Waals surface area contributed by atoms with Gasteiger partial charge in [0.15, 0.2) is 0 Å². The lowest BCUT2D eigenvalue weighted by atomic mass is 9.62. The molecule has 0 saturated heterocycles. The molecule has 2 fully saturated rings. The van der Waals surface area contributed by atoms with Gasteiger partial charge in [0.2, 0.25) is 15.9 Å². The highest BCUT2D eigenvalue weighted by Crippen LogP contribution is 2.51. The van der Waals surface area contributed by atoms with Crippen molar-refractivity contribution in [1.29, 1.82) is 0 Å². The SMILES string of the molecule is COCC1(N(C)C(=O)C[C@]2(OC)/C=C\C[C@H](C)[C@@H](C)S(=O)(=O)NC(=O)c3ccc4c(c3)N(C[C@@H]3CC[C@H]32)C[C@@]2(CCCc3cc(Cl)ccc32)CO4)CC1. The monoisotopic (exact) mass is 767 g/mol. The number of hydrogen-bond acceptors (Lipinski definition) is 8. The van der Waals surface area contributed by atoms with Gasteiger partial charge < -0.3 is 24.0 Å². The maximum atomic E-state index is 14.2. The number of nitrogens with one attached hydrogen (secondary N) is 1. The Morgan fingerprint density at radius 3 is 2.60 bits per heavy atom. The minimum Gasteiger partial charge on any atom is -0.490 e. The lowest BCUT2D eigenvalue weighted by Crippen LogP contribution is -2.55. The quantitative estimate of drug-likeness (QED) is 0.341. The Bertz CT molecular complexity index is 1880. The molecular weight excluding hydrogens is 714 g/mol. The molecule has 2 aromatic rings. The van der Waals surface area contributed by atoms with Gasteiger partial charge >= 0.3 is 0 Å². The van der Waals surface area contributed by atoms with E-state index >= 15 is 0 Å². The predicted molar refractivity (Wildman–Crippen MR) is 206 cm³/mol. The van der Waals surface area contributed by atoms with E-state index in [1.807, 2.05) is 37.1 Å². The lowest BCUT2D eigenvalue weighted by Gasteiger charge is -2.51. The topological polar surface area (TPSA) is 114 Å². The maximum absolute atomic E-state index is 14.2. The second-order valence-electron chi connectivity index (χ2n) is 16.5. The van der Waals surface area contributed by atoms with E-state index in [0.29, 0.717) is 43.5 Å². The maximum Gasteiger partial charge on any atom is 0.264 e. The van der Waals surface area contributed by atoms with Crippen LogP contribution >= 0.6 is 11.6 Å². The van der Waals surface area contributed by atoms with Crippen LogP contribution in [0.5, 0.6) is 5.75 Å². The van der Waals surface area contributed by atoms with Crippen LogP contribution in [-0.2, 0) is 36.1 Å². The molecule has 5 aliphatic rings. The first-order valence-electron chi connectivity index (χ1n) is 19.1. The number of aryl methyl sites for hydroxylation is 1. The molecule has 1 spiro atoms. The van der Waals surface area contributed by atoms with Crippen LogP contribution in [0.25, 0.3) is 0 Å². The van der Waals surface area contributed by atoms with E-state index in [0.717, 1.165) is 50.6 Å². The molecule has 6 atom stereocenters. The number of ether oxygens (including phenoxy) is 3. The van der Waals surface area contributed by atoms with Gasteiger partial charge in [-0.2, -0.15) is 0 Å². The summed E-state index contributed by atoms with van der Waals surface area (Å²) in [7, 11) is 1.22. The predicted octanol–water partition coefficient (Wildman–Crippen LogP) is 6.30. The van der Waals surface area contributed by atoms with Crippen molar-refractivity contribution in [2.45, 2.75) is 93.4 Å². The number of nitrogens with zero attached hydrogens (tertiary/aromatic N) is 2. The highest BCUT2D eigenvalue weighted by molar-refractivity contribution is 7.90. The number of carbonyl (C=O) groups excluding carboxylic acids is 2. The van der Waals surface area contributed by atoms with E-state index in [9.17, 15) is 18.0 Å². The number of anilines is 1. The summed E-state index contributed by atoms with van der Waals surface area (Å²) >= 11 is 6.48. The molecule has 1 N–H and O–H groups in total. The number of halogens is 1. The molecular formula is C41H54ClN3O7S. The zero-order valence-corrected chi connectivity index (χ0v) is 33.2. The summed E-state index contributed by atoms with van der Waals surface area (Å²) in [4.78, 5) is 32.0. The van der Waals surface area contributed by atoms with E-state index in [2.05, 4.69) is 21.8 Å². The average Bonchev–Trinajstić information content (AvgIpc) is 3.92. The fraction of sp³-hybridized carbons (Fsp3) is 0.610. The Balaban J connectivity index is 1.31. The summed E-state index contributed by atoms with van der Waals surface area (Å²) in [6.45, 7) is 5.75. The second-order valence-corrected chi connectivity index (χ2v) is 18.9. The molecule has 0 radical (unpaired) electrons. The number of carbonyl (C=O) groups is 2. The van der Waals surface area contributed by atoms with Crippen molar-refractivity contribution >= 4 is 39.1 Å². The van der Waals surface area contributed by atoms with Crippen LogP contribution in [0.15, 0.2) is 48.6 Å². The van der Waals surface area contributed by atoms with Gasteiger partial charge in [-0.25, -0.2) is 13.1 Å². The third-order valence-corrected chi connectivity index (χ3v) is 15.5. The number of rotatable bonds is 6. The standard InChI is InChI=1S/C41H54ClN3O7S/c1-27-8-6-17-41(51-5,22-37(46)44(3)40(18-19-40)26-50-4)34-13-10-31(34)23-45-24-39(16-7-9-29-20-32(42)12-14-33(29)39)25-52-36-15-11-30(21-35(36)45)38(47)43-53(48,49)28(27)2/h6,11-12,14-15,17,20-21,27-28,31,34H,7-10,13,16,18-19,22-26H2,1-5H3,(H,43,47)/b17-6-/t27-,28+,31-,34+,39-,41+/m0/s1. The van der Waals surface area contributed by atoms with Gasteiger partial charge in [-0.15, -0.1) is 0 Å². The van der Waals surface area contributed by atoms with Gasteiger partial charge in [0, 0.05) is 50.4 Å². The molecule has 10 nitrogen and oxygen atoms in total. The minimum absolute atomic E-state index is 0.00685. The van der Waals surface area contributed by atoms with Gasteiger partial charge in [-0.1, -0.05) is 36.7 Å². The first-order chi connectivity index (χ1) is 25.3. The number of methoxy groups -OCH3 is 2. The second kappa shape index (κ2) is 14.5. The van der Waals surface area contributed by atoms with Crippen LogP contribution in [0, 0.1) is 17.8 Å².